The summed E-state index contributed by atoms with van der Waals surface area (Å²) < 4.78 is 10.9. The Hall–Kier alpha value is -1.61. The Morgan fingerprint density at radius 1 is 1.21 bits per heavy atom. The van der Waals surface area contributed by atoms with Crippen LogP contribution < -0.4 is 10.6 Å². The molecule has 1 aliphatic rings. The maximum atomic E-state index is 5.61. The molecule has 0 unspecified atom stereocenters. The molecule has 1 aliphatic carbocycles. The van der Waals surface area contributed by atoms with Crippen molar-refractivity contribution in [2.45, 2.75) is 45.6 Å². The van der Waals surface area contributed by atoms with Gasteiger partial charge in [0.25, 0.3) is 0 Å². The Labute approximate surface area is 190 Å². The summed E-state index contributed by atoms with van der Waals surface area (Å²) in [5, 5.41) is 6.88. The first-order valence-corrected chi connectivity index (χ1v) is 10.3. The largest absolute Gasteiger partial charge is 0.444 e. The van der Waals surface area contributed by atoms with E-state index in [1.807, 2.05) is 30.3 Å². The Bertz CT molecular complexity index is 742. The number of nitrogens with zero attached hydrogens (tertiary/aromatic N) is 2. The highest BCUT2D eigenvalue weighted by atomic mass is 127. The van der Waals surface area contributed by atoms with Gasteiger partial charge in [0.05, 0.1) is 6.54 Å². The number of guanidine groups is 1. The monoisotopic (exact) mass is 512 g/mol. The van der Waals surface area contributed by atoms with Crippen molar-refractivity contribution in [3.63, 3.8) is 0 Å². The number of halogens is 1. The molecule has 160 valence electrons. The number of ether oxygens (including phenoxy) is 1. The molecule has 0 aliphatic heterocycles. The van der Waals surface area contributed by atoms with Crippen LogP contribution in [0, 0.1) is 5.41 Å². The lowest BCUT2D eigenvalue weighted by molar-refractivity contribution is 0.138. The first kappa shape index (κ1) is 23.7. The number of rotatable bonds is 9. The van der Waals surface area contributed by atoms with Crippen LogP contribution in [0.2, 0.25) is 0 Å². The topological polar surface area (TPSA) is 71.7 Å². The maximum Gasteiger partial charge on any atom is 0.226 e. The Morgan fingerprint density at radius 2 is 1.97 bits per heavy atom. The number of methoxy groups -OCH3 is 1. The van der Waals surface area contributed by atoms with Crippen molar-refractivity contribution >= 4 is 29.9 Å². The van der Waals surface area contributed by atoms with Gasteiger partial charge in [-0.05, 0) is 43.7 Å². The molecule has 1 saturated carbocycles. The van der Waals surface area contributed by atoms with Crippen molar-refractivity contribution in [1.29, 1.82) is 0 Å². The van der Waals surface area contributed by atoms with E-state index in [0.29, 0.717) is 17.9 Å². The van der Waals surface area contributed by atoms with Gasteiger partial charge in [-0.1, -0.05) is 31.0 Å². The van der Waals surface area contributed by atoms with Crippen LogP contribution in [0.1, 0.15) is 44.7 Å². The number of benzene rings is 1. The summed E-state index contributed by atoms with van der Waals surface area (Å²) in [6.45, 7) is 5.13. The van der Waals surface area contributed by atoms with E-state index in [9.17, 15) is 0 Å². The molecule has 0 bridgehead atoms. The first-order chi connectivity index (χ1) is 13.7. The smallest absolute Gasteiger partial charge is 0.226 e. The van der Waals surface area contributed by atoms with Crippen molar-refractivity contribution in [2.75, 3.05) is 26.8 Å². The van der Waals surface area contributed by atoms with Crippen molar-refractivity contribution in [3.8, 4) is 11.5 Å². The quantitative estimate of drug-likeness (QED) is 0.292. The van der Waals surface area contributed by atoms with Gasteiger partial charge in [0.15, 0.2) is 5.96 Å². The number of oxazole rings is 1. The normalized spacial score (nSPS) is 15.7. The number of aliphatic imine (C=N–C) groups is 1. The molecular weight excluding hydrogens is 479 g/mol. The minimum Gasteiger partial charge on any atom is -0.444 e. The van der Waals surface area contributed by atoms with Crippen molar-refractivity contribution in [2.24, 2.45) is 10.4 Å². The van der Waals surface area contributed by atoms with Crippen LogP contribution in [0.15, 0.2) is 46.0 Å². The molecular formula is C22H33IN4O2. The standard InChI is InChI=1S/C22H32N4O2.HI/c1-3-23-21(25-17-22(13-14-27-2)11-7-8-12-22)24-15-19-16-28-20(26-19)18-9-5-4-6-10-18;/h4-6,9-10,16H,3,7-8,11-15,17H2,1-2H3,(H2,23,24,25);1H. The zero-order valence-corrected chi connectivity index (χ0v) is 19.8. The minimum absolute atomic E-state index is 0. The number of nitrogens with one attached hydrogen (secondary N) is 2. The van der Waals surface area contributed by atoms with Crippen LogP contribution >= 0.6 is 24.0 Å². The molecule has 0 atom stereocenters. The van der Waals surface area contributed by atoms with Crippen LogP contribution in [0.3, 0.4) is 0 Å². The van der Waals surface area contributed by atoms with Gasteiger partial charge in [-0.2, -0.15) is 0 Å². The van der Waals surface area contributed by atoms with Gasteiger partial charge >= 0.3 is 0 Å². The number of hydrogen-bond donors (Lipinski definition) is 2. The second-order valence-corrected chi connectivity index (χ2v) is 7.51. The molecule has 1 aromatic carbocycles. The summed E-state index contributed by atoms with van der Waals surface area (Å²) in [5.74, 6) is 1.46. The molecule has 0 radical (unpaired) electrons. The summed E-state index contributed by atoms with van der Waals surface area (Å²) in [6.07, 6.45) is 7.91. The van der Waals surface area contributed by atoms with Gasteiger partial charge in [-0.25, -0.2) is 9.98 Å². The highest BCUT2D eigenvalue weighted by Gasteiger charge is 2.33. The summed E-state index contributed by atoms with van der Waals surface area (Å²) in [4.78, 5) is 9.26. The fourth-order valence-corrected chi connectivity index (χ4v) is 3.82. The van der Waals surface area contributed by atoms with Crippen molar-refractivity contribution in [3.05, 3.63) is 42.3 Å². The van der Waals surface area contributed by atoms with Crippen molar-refractivity contribution in [1.82, 2.24) is 15.6 Å². The van der Waals surface area contributed by atoms with E-state index in [2.05, 4.69) is 22.5 Å². The third-order valence-corrected chi connectivity index (χ3v) is 5.45. The fourth-order valence-electron chi connectivity index (χ4n) is 3.82. The van der Waals surface area contributed by atoms with Crippen LogP contribution in [0.5, 0.6) is 0 Å². The molecule has 1 fully saturated rings. The van der Waals surface area contributed by atoms with E-state index >= 15 is 0 Å². The zero-order chi connectivity index (χ0) is 19.7. The van der Waals surface area contributed by atoms with Crippen LogP contribution in [0.25, 0.3) is 11.5 Å². The average molecular weight is 512 g/mol. The van der Waals surface area contributed by atoms with Gasteiger partial charge in [0.1, 0.15) is 12.0 Å². The van der Waals surface area contributed by atoms with E-state index < -0.39 is 0 Å². The lowest BCUT2D eigenvalue weighted by Gasteiger charge is -2.29. The average Bonchev–Trinajstić information content (AvgIpc) is 3.40. The highest BCUT2D eigenvalue weighted by Crippen LogP contribution is 2.40. The Morgan fingerprint density at radius 3 is 2.66 bits per heavy atom. The van der Waals surface area contributed by atoms with E-state index in [0.717, 1.165) is 43.3 Å². The number of aromatic nitrogens is 1. The van der Waals surface area contributed by atoms with Gasteiger partial charge in [0, 0.05) is 32.4 Å². The third-order valence-electron chi connectivity index (χ3n) is 5.45. The SMILES string of the molecule is CCNC(=NCc1coc(-c2ccccc2)n1)NCC1(CCOC)CCCC1.I. The molecule has 2 N–H and O–H groups in total. The van der Waals surface area contributed by atoms with Crippen LogP contribution in [-0.4, -0.2) is 37.7 Å². The van der Waals surface area contributed by atoms with E-state index in [4.69, 9.17) is 14.1 Å². The maximum absolute atomic E-state index is 5.61. The van der Waals surface area contributed by atoms with Gasteiger partial charge in [-0.3, -0.25) is 0 Å². The lowest BCUT2D eigenvalue weighted by Crippen LogP contribution is -2.43. The summed E-state index contributed by atoms with van der Waals surface area (Å²) >= 11 is 0. The van der Waals surface area contributed by atoms with E-state index in [1.54, 1.807) is 13.4 Å². The molecule has 0 amide bonds. The molecule has 0 spiro atoms. The third kappa shape index (κ3) is 6.99. The second kappa shape index (κ2) is 12.2. The van der Waals surface area contributed by atoms with E-state index in [-0.39, 0.29) is 24.0 Å². The summed E-state index contributed by atoms with van der Waals surface area (Å²) in [7, 11) is 1.78. The predicted molar refractivity (Wildman–Crippen MR) is 128 cm³/mol. The molecule has 29 heavy (non-hydrogen) atoms. The van der Waals surface area contributed by atoms with Crippen LogP contribution in [-0.2, 0) is 11.3 Å². The zero-order valence-electron chi connectivity index (χ0n) is 17.4. The van der Waals surface area contributed by atoms with Crippen molar-refractivity contribution < 1.29 is 9.15 Å². The molecule has 1 heterocycles. The molecule has 7 heteroatoms. The van der Waals surface area contributed by atoms with Gasteiger partial charge in [-0.15, -0.1) is 24.0 Å². The predicted octanol–water partition coefficient (Wildman–Crippen LogP) is 4.61. The molecule has 1 aromatic heterocycles. The second-order valence-electron chi connectivity index (χ2n) is 7.51. The van der Waals surface area contributed by atoms with Gasteiger partial charge < -0.3 is 19.8 Å². The Kier molecular flexibility index (Phi) is 9.93. The first-order valence-electron chi connectivity index (χ1n) is 10.3. The van der Waals surface area contributed by atoms with Crippen LogP contribution in [0.4, 0.5) is 0 Å². The van der Waals surface area contributed by atoms with E-state index in [1.165, 1.54) is 25.7 Å². The molecule has 3 rings (SSSR count). The van der Waals surface area contributed by atoms with Gasteiger partial charge in [0.2, 0.25) is 5.89 Å². The Balaban J connectivity index is 0.00000300. The molecule has 2 aromatic rings. The number of hydrogen-bond acceptors (Lipinski definition) is 4. The fraction of sp³-hybridized carbons (Fsp3) is 0.545. The summed E-state index contributed by atoms with van der Waals surface area (Å²) in [5.41, 5.74) is 2.12. The lowest BCUT2D eigenvalue weighted by atomic mass is 9.83. The highest BCUT2D eigenvalue weighted by molar-refractivity contribution is 14.0. The molecule has 0 saturated heterocycles. The molecule has 6 nitrogen and oxygen atoms in total. The minimum atomic E-state index is 0. The summed E-state index contributed by atoms with van der Waals surface area (Å²) in [6, 6.07) is 9.92.